The fourth-order valence-electron chi connectivity index (χ4n) is 2.10. The van der Waals surface area contributed by atoms with E-state index in [1.165, 1.54) is 0 Å². The van der Waals surface area contributed by atoms with Crippen LogP contribution in [-0.4, -0.2) is 18.4 Å². The minimum Gasteiger partial charge on any atom is -0.455 e. The maximum Gasteiger partial charge on any atom is 0.179 e. The van der Waals surface area contributed by atoms with Gasteiger partial charge in [-0.2, -0.15) is 0 Å². The molecule has 14 heavy (non-hydrogen) atoms. The van der Waals surface area contributed by atoms with E-state index in [1.807, 2.05) is 0 Å². The molecule has 2 bridgehead atoms. The second-order valence-corrected chi connectivity index (χ2v) is 7.63. The summed E-state index contributed by atoms with van der Waals surface area (Å²) in [5.41, 5.74) is 0. The first kappa shape index (κ1) is 10.4. The molecule has 7 heteroatoms. The molecule has 1 fully saturated rings. The minimum absolute atomic E-state index is 0.285. The van der Waals surface area contributed by atoms with Gasteiger partial charge in [-0.3, -0.25) is 0 Å². The summed E-state index contributed by atoms with van der Waals surface area (Å²) in [5, 5.41) is 0. The quantitative estimate of drug-likeness (QED) is 0.617. The molecule has 3 rings (SSSR count). The smallest absolute Gasteiger partial charge is 0.179 e. The van der Waals surface area contributed by atoms with Crippen molar-refractivity contribution in [1.82, 2.24) is 0 Å². The fraction of sp³-hybridized carbons (Fsp3) is 0.714. The molecule has 2 atom stereocenters. The van der Waals surface area contributed by atoms with E-state index in [0.717, 1.165) is 0 Å². The van der Waals surface area contributed by atoms with Crippen LogP contribution in [0.25, 0.3) is 0 Å². The van der Waals surface area contributed by atoms with Gasteiger partial charge in [-0.15, -0.1) is 23.2 Å². The van der Waals surface area contributed by atoms with Gasteiger partial charge in [-0.1, -0.05) is 46.4 Å². The largest absolute Gasteiger partial charge is 0.455 e. The van der Waals surface area contributed by atoms with Crippen LogP contribution in [0.5, 0.6) is 0 Å². The molecule has 78 valence electrons. The molecule has 0 aromatic rings. The highest BCUT2D eigenvalue weighted by molar-refractivity contribution is 6.69. The fourth-order valence-corrected chi connectivity index (χ4v) is 4.55. The average molecular weight is 315 g/mol. The summed E-state index contributed by atoms with van der Waals surface area (Å²) < 4.78 is 2.04. The van der Waals surface area contributed by atoms with Gasteiger partial charge in [0.25, 0.3) is 0 Å². The summed E-state index contributed by atoms with van der Waals surface area (Å²) in [7, 11) is 0. The number of hydrogen-bond donors (Lipinski definition) is 0. The van der Waals surface area contributed by atoms with Crippen molar-refractivity contribution in [2.45, 2.75) is 24.8 Å². The standard InChI is InChI=1S/C7H2Cl6O/c8-4-1-5(9,3-2(4)14-3)7(12,13)6(4,10)11/h1H2. The number of halogens is 6. The van der Waals surface area contributed by atoms with Crippen molar-refractivity contribution in [3.05, 3.63) is 11.5 Å². The summed E-state index contributed by atoms with van der Waals surface area (Å²) in [6.07, 6.45) is 0.285. The summed E-state index contributed by atoms with van der Waals surface area (Å²) in [6.45, 7) is 0. The van der Waals surface area contributed by atoms with Crippen molar-refractivity contribution in [2.24, 2.45) is 0 Å². The molecule has 0 aromatic heterocycles. The van der Waals surface area contributed by atoms with Crippen molar-refractivity contribution < 1.29 is 4.74 Å². The first-order valence-corrected chi connectivity index (χ1v) is 6.02. The van der Waals surface area contributed by atoms with Crippen LogP contribution in [0.4, 0.5) is 0 Å². The van der Waals surface area contributed by atoms with Crippen LogP contribution in [0, 0.1) is 0 Å². The van der Waals surface area contributed by atoms with E-state index in [2.05, 4.69) is 0 Å². The third-order valence-electron chi connectivity index (χ3n) is 2.97. The van der Waals surface area contributed by atoms with Gasteiger partial charge in [0, 0.05) is 6.42 Å². The molecule has 0 amide bonds. The van der Waals surface area contributed by atoms with Gasteiger partial charge in [0.1, 0.15) is 9.75 Å². The molecule has 3 aliphatic rings. The van der Waals surface area contributed by atoms with Crippen LogP contribution in [0.3, 0.4) is 0 Å². The Hall–Kier alpha value is 1.28. The lowest BCUT2D eigenvalue weighted by atomic mass is 10.0. The number of fused-ring (bicyclic) bond motifs is 4. The normalized spacial score (nSPS) is 50.4. The molecule has 0 saturated heterocycles. The number of alkyl halides is 6. The maximum atomic E-state index is 6.25. The Bertz CT molecular complexity index is 354. The van der Waals surface area contributed by atoms with Gasteiger partial charge < -0.3 is 4.74 Å². The lowest BCUT2D eigenvalue weighted by molar-refractivity contribution is 0.363. The SMILES string of the molecule is ClC12CC(Cl)(C3=C1O3)C(Cl)(Cl)C2(Cl)Cl. The number of allylic oxidation sites excluding steroid dienone is 2. The Morgan fingerprint density at radius 1 is 0.786 bits per heavy atom. The van der Waals surface area contributed by atoms with E-state index in [9.17, 15) is 0 Å². The molecule has 0 radical (unpaired) electrons. The molecule has 1 nitrogen and oxygen atoms in total. The van der Waals surface area contributed by atoms with Gasteiger partial charge in [-0.05, 0) is 0 Å². The Balaban J connectivity index is 2.29. The highest BCUT2D eigenvalue weighted by atomic mass is 35.5. The monoisotopic (exact) mass is 312 g/mol. The lowest BCUT2D eigenvalue weighted by Crippen LogP contribution is -2.51. The maximum absolute atomic E-state index is 6.25. The first-order valence-electron chi connectivity index (χ1n) is 3.75. The van der Waals surface area contributed by atoms with E-state index >= 15 is 0 Å². The number of ether oxygens (including phenoxy) is 1. The van der Waals surface area contributed by atoms with Crippen molar-refractivity contribution >= 4 is 69.6 Å². The zero-order valence-corrected chi connectivity index (χ0v) is 10.9. The van der Waals surface area contributed by atoms with Crippen LogP contribution in [-0.2, 0) is 4.74 Å². The van der Waals surface area contributed by atoms with E-state index < -0.39 is 18.4 Å². The molecule has 2 aliphatic carbocycles. The molecular weight excluding hydrogens is 313 g/mol. The highest BCUT2D eigenvalue weighted by Gasteiger charge is 2.88. The molecule has 0 spiro atoms. The van der Waals surface area contributed by atoms with Crippen LogP contribution in [0.2, 0.25) is 0 Å². The van der Waals surface area contributed by atoms with Crippen LogP contribution < -0.4 is 0 Å². The van der Waals surface area contributed by atoms with E-state index in [4.69, 9.17) is 74.3 Å². The average Bonchev–Trinajstić information content (AvgIpc) is 2.74. The summed E-state index contributed by atoms with van der Waals surface area (Å²) >= 11 is 36.8. The number of hydrogen-bond acceptors (Lipinski definition) is 1. The predicted molar refractivity (Wildman–Crippen MR) is 58.8 cm³/mol. The van der Waals surface area contributed by atoms with Crippen molar-refractivity contribution in [3.8, 4) is 0 Å². The van der Waals surface area contributed by atoms with Gasteiger partial charge >= 0.3 is 0 Å². The molecule has 1 heterocycles. The van der Waals surface area contributed by atoms with E-state index in [0.29, 0.717) is 11.5 Å². The summed E-state index contributed by atoms with van der Waals surface area (Å²) in [6, 6.07) is 0. The topological polar surface area (TPSA) is 12.5 Å². The third kappa shape index (κ3) is 0.733. The van der Waals surface area contributed by atoms with E-state index in [-0.39, 0.29) is 6.42 Å². The molecular formula is C7H2Cl6O. The van der Waals surface area contributed by atoms with Crippen molar-refractivity contribution in [1.29, 1.82) is 0 Å². The number of rotatable bonds is 0. The van der Waals surface area contributed by atoms with Crippen molar-refractivity contribution in [2.75, 3.05) is 0 Å². The third-order valence-corrected chi connectivity index (χ3v) is 7.34. The predicted octanol–water partition coefficient (Wildman–Crippen LogP) is 3.95. The second-order valence-electron chi connectivity index (χ2n) is 3.69. The molecule has 0 N–H and O–H groups in total. The van der Waals surface area contributed by atoms with Crippen LogP contribution in [0.1, 0.15) is 6.42 Å². The zero-order valence-electron chi connectivity index (χ0n) is 6.38. The van der Waals surface area contributed by atoms with E-state index in [1.54, 1.807) is 0 Å². The molecule has 0 aromatic carbocycles. The Labute approximate surface area is 110 Å². The zero-order chi connectivity index (χ0) is 10.6. The first-order chi connectivity index (χ1) is 6.18. The van der Waals surface area contributed by atoms with Gasteiger partial charge in [-0.25, -0.2) is 0 Å². The van der Waals surface area contributed by atoms with Gasteiger partial charge in [0.15, 0.2) is 20.2 Å². The second kappa shape index (κ2) is 2.27. The Morgan fingerprint density at radius 3 is 1.43 bits per heavy atom. The minimum atomic E-state index is -1.55. The molecule has 1 aliphatic heterocycles. The van der Waals surface area contributed by atoms with Crippen LogP contribution >= 0.6 is 69.6 Å². The Morgan fingerprint density at radius 2 is 1.14 bits per heavy atom. The summed E-state index contributed by atoms with van der Waals surface area (Å²) in [5.74, 6) is 1.05. The van der Waals surface area contributed by atoms with Gasteiger partial charge in [0.2, 0.25) is 0 Å². The highest BCUT2D eigenvalue weighted by Crippen LogP contribution is 2.80. The summed E-state index contributed by atoms with van der Waals surface area (Å²) in [4.78, 5) is -2.20. The lowest BCUT2D eigenvalue weighted by Gasteiger charge is -2.36. The van der Waals surface area contributed by atoms with Gasteiger partial charge in [0.05, 0.1) is 0 Å². The Kier molecular flexibility index (Phi) is 1.69. The molecule has 1 saturated carbocycles. The molecule has 2 unspecified atom stereocenters. The van der Waals surface area contributed by atoms with Crippen LogP contribution in [0.15, 0.2) is 11.5 Å². The van der Waals surface area contributed by atoms with Crippen molar-refractivity contribution in [3.63, 3.8) is 0 Å².